The monoisotopic (exact) mass is 257 g/mol. The Morgan fingerprint density at radius 1 is 1.58 bits per heavy atom. The smallest absolute Gasteiger partial charge is 0.272 e. The van der Waals surface area contributed by atoms with Gasteiger partial charge in [0.25, 0.3) is 5.91 Å². The van der Waals surface area contributed by atoms with Crippen molar-refractivity contribution >= 4 is 11.6 Å². The molecule has 2 heterocycles. The van der Waals surface area contributed by atoms with E-state index >= 15 is 0 Å². The SMILES string of the molecule is COc1ccc2ncc(C(=O)NC3(C#N)CC3)n2n1. The fourth-order valence-electron chi connectivity index (χ4n) is 1.79. The summed E-state index contributed by atoms with van der Waals surface area (Å²) in [5.41, 5.74) is 0.128. The maximum Gasteiger partial charge on any atom is 0.272 e. The molecule has 0 unspecified atom stereocenters. The number of nitrogens with zero attached hydrogens (tertiary/aromatic N) is 4. The van der Waals surface area contributed by atoms with Gasteiger partial charge in [-0.05, 0) is 18.9 Å². The molecule has 1 N–H and O–H groups in total. The summed E-state index contributed by atoms with van der Waals surface area (Å²) in [7, 11) is 1.50. The third-order valence-electron chi connectivity index (χ3n) is 3.10. The lowest BCUT2D eigenvalue weighted by Crippen LogP contribution is -2.36. The highest BCUT2D eigenvalue weighted by atomic mass is 16.5. The number of aromatic nitrogens is 3. The van der Waals surface area contributed by atoms with Crippen LogP contribution in [0.25, 0.3) is 5.65 Å². The van der Waals surface area contributed by atoms with Crippen LogP contribution < -0.4 is 10.1 Å². The van der Waals surface area contributed by atoms with Crippen molar-refractivity contribution in [1.29, 1.82) is 5.26 Å². The zero-order chi connectivity index (χ0) is 13.5. The van der Waals surface area contributed by atoms with E-state index in [2.05, 4.69) is 21.5 Å². The van der Waals surface area contributed by atoms with E-state index in [0.717, 1.165) is 0 Å². The van der Waals surface area contributed by atoms with Crippen molar-refractivity contribution in [3.63, 3.8) is 0 Å². The normalized spacial score (nSPS) is 15.8. The second-order valence-corrected chi connectivity index (χ2v) is 4.44. The summed E-state index contributed by atoms with van der Waals surface area (Å²) < 4.78 is 6.42. The van der Waals surface area contributed by atoms with E-state index in [4.69, 9.17) is 10.00 Å². The third kappa shape index (κ3) is 1.87. The molecule has 0 radical (unpaired) electrons. The lowest BCUT2D eigenvalue weighted by Gasteiger charge is -2.08. The molecular formula is C12H11N5O2. The van der Waals surface area contributed by atoms with Gasteiger partial charge in [0.2, 0.25) is 5.88 Å². The van der Waals surface area contributed by atoms with E-state index in [1.165, 1.54) is 17.8 Å². The number of ether oxygens (including phenoxy) is 1. The number of imidazole rings is 1. The zero-order valence-corrected chi connectivity index (χ0v) is 10.3. The zero-order valence-electron chi connectivity index (χ0n) is 10.3. The number of methoxy groups -OCH3 is 1. The second kappa shape index (κ2) is 3.95. The van der Waals surface area contributed by atoms with Gasteiger partial charge in [0.05, 0.1) is 19.4 Å². The number of carbonyl (C=O) groups is 1. The summed E-state index contributed by atoms with van der Waals surface area (Å²) in [6.45, 7) is 0. The molecule has 0 aromatic carbocycles. The van der Waals surface area contributed by atoms with Gasteiger partial charge in [-0.25, -0.2) is 9.50 Å². The Kier molecular flexibility index (Phi) is 2.38. The first-order chi connectivity index (χ1) is 9.17. The average molecular weight is 257 g/mol. The number of nitrogens with one attached hydrogen (secondary N) is 1. The minimum Gasteiger partial charge on any atom is -0.480 e. The molecule has 0 spiro atoms. The van der Waals surface area contributed by atoms with Crippen molar-refractivity contribution in [2.24, 2.45) is 0 Å². The van der Waals surface area contributed by atoms with Crippen molar-refractivity contribution in [3.05, 3.63) is 24.0 Å². The van der Waals surface area contributed by atoms with Crippen molar-refractivity contribution < 1.29 is 9.53 Å². The number of amides is 1. The van der Waals surface area contributed by atoms with Crippen LogP contribution in [-0.4, -0.2) is 33.2 Å². The molecule has 0 atom stereocenters. The van der Waals surface area contributed by atoms with Crippen molar-refractivity contribution in [2.45, 2.75) is 18.4 Å². The van der Waals surface area contributed by atoms with Crippen LogP contribution in [0.2, 0.25) is 0 Å². The van der Waals surface area contributed by atoms with E-state index in [1.807, 2.05) is 0 Å². The highest BCUT2D eigenvalue weighted by molar-refractivity contribution is 5.94. The predicted molar refractivity (Wildman–Crippen MR) is 64.6 cm³/mol. The van der Waals surface area contributed by atoms with Gasteiger partial charge in [-0.1, -0.05) is 0 Å². The Balaban J connectivity index is 1.96. The lowest BCUT2D eigenvalue weighted by molar-refractivity contribution is 0.0934. The van der Waals surface area contributed by atoms with Crippen LogP contribution in [0.15, 0.2) is 18.3 Å². The van der Waals surface area contributed by atoms with Crippen LogP contribution in [0.1, 0.15) is 23.3 Å². The van der Waals surface area contributed by atoms with Gasteiger partial charge < -0.3 is 10.1 Å². The summed E-state index contributed by atoms with van der Waals surface area (Å²) in [6, 6.07) is 5.49. The maximum atomic E-state index is 12.1. The van der Waals surface area contributed by atoms with E-state index in [-0.39, 0.29) is 11.6 Å². The van der Waals surface area contributed by atoms with Gasteiger partial charge in [-0.2, -0.15) is 5.26 Å². The Morgan fingerprint density at radius 2 is 2.37 bits per heavy atom. The molecule has 2 aromatic rings. The molecule has 0 saturated heterocycles. The maximum absolute atomic E-state index is 12.1. The fourth-order valence-corrected chi connectivity index (χ4v) is 1.79. The van der Waals surface area contributed by atoms with E-state index in [0.29, 0.717) is 24.4 Å². The largest absolute Gasteiger partial charge is 0.480 e. The van der Waals surface area contributed by atoms with Crippen LogP contribution >= 0.6 is 0 Å². The Morgan fingerprint density at radius 3 is 3.00 bits per heavy atom. The number of hydrogen-bond donors (Lipinski definition) is 1. The highest BCUT2D eigenvalue weighted by Crippen LogP contribution is 2.34. The molecule has 0 aliphatic heterocycles. The molecule has 1 amide bonds. The second-order valence-electron chi connectivity index (χ2n) is 4.44. The van der Waals surface area contributed by atoms with E-state index < -0.39 is 5.54 Å². The fraction of sp³-hybridized carbons (Fsp3) is 0.333. The molecule has 0 bridgehead atoms. The third-order valence-corrected chi connectivity index (χ3v) is 3.10. The van der Waals surface area contributed by atoms with Crippen LogP contribution in [0.3, 0.4) is 0 Å². The van der Waals surface area contributed by atoms with Gasteiger partial charge in [0.15, 0.2) is 11.3 Å². The van der Waals surface area contributed by atoms with Crippen LogP contribution in [0, 0.1) is 11.3 Å². The molecule has 96 valence electrons. The quantitative estimate of drug-likeness (QED) is 0.865. The Hall–Kier alpha value is -2.62. The molecule has 1 aliphatic rings. The molecule has 1 saturated carbocycles. The number of fused-ring (bicyclic) bond motifs is 1. The predicted octanol–water partition coefficient (Wildman–Crippen LogP) is 0.524. The molecule has 7 nitrogen and oxygen atoms in total. The number of rotatable bonds is 3. The van der Waals surface area contributed by atoms with Crippen molar-refractivity contribution in [2.75, 3.05) is 7.11 Å². The lowest BCUT2D eigenvalue weighted by atomic mass is 10.3. The first-order valence-corrected chi connectivity index (χ1v) is 5.80. The summed E-state index contributed by atoms with van der Waals surface area (Å²) >= 11 is 0. The van der Waals surface area contributed by atoms with Crippen LogP contribution in [0.4, 0.5) is 0 Å². The van der Waals surface area contributed by atoms with Gasteiger partial charge in [-0.15, -0.1) is 5.10 Å². The number of carbonyl (C=O) groups excluding carboxylic acids is 1. The molecule has 1 fully saturated rings. The molecule has 7 heteroatoms. The molecule has 19 heavy (non-hydrogen) atoms. The van der Waals surface area contributed by atoms with Crippen molar-refractivity contribution in [3.8, 4) is 11.9 Å². The van der Waals surface area contributed by atoms with E-state index in [9.17, 15) is 4.79 Å². The van der Waals surface area contributed by atoms with Gasteiger partial charge in [0, 0.05) is 6.07 Å². The van der Waals surface area contributed by atoms with Crippen LogP contribution in [-0.2, 0) is 0 Å². The molecular weight excluding hydrogens is 246 g/mol. The molecule has 2 aromatic heterocycles. The molecule has 1 aliphatic carbocycles. The first-order valence-electron chi connectivity index (χ1n) is 5.80. The van der Waals surface area contributed by atoms with Crippen molar-refractivity contribution in [1.82, 2.24) is 19.9 Å². The van der Waals surface area contributed by atoms with Crippen LogP contribution in [0.5, 0.6) is 5.88 Å². The first kappa shape index (κ1) is 11.5. The Labute approximate surface area is 108 Å². The minimum atomic E-state index is -0.708. The van der Waals surface area contributed by atoms with Gasteiger partial charge >= 0.3 is 0 Å². The highest BCUT2D eigenvalue weighted by Gasteiger charge is 2.45. The molecule has 3 rings (SSSR count). The minimum absolute atomic E-state index is 0.287. The number of hydrogen-bond acceptors (Lipinski definition) is 5. The van der Waals surface area contributed by atoms with Gasteiger partial charge in [0.1, 0.15) is 5.54 Å². The summed E-state index contributed by atoms with van der Waals surface area (Å²) in [4.78, 5) is 16.2. The summed E-state index contributed by atoms with van der Waals surface area (Å²) in [6.07, 6.45) is 2.80. The topological polar surface area (TPSA) is 92.3 Å². The standard InChI is InChI=1S/C12H11N5O2/c1-19-10-3-2-9-14-6-8(17(9)16-10)11(18)15-12(7-13)4-5-12/h2-3,6H,4-5H2,1H3,(H,15,18). The summed E-state index contributed by atoms with van der Waals surface area (Å²) in [5.74, 6) is 0.0354. The summed E-state index contributed by atoms with van der Waals surface area (Å²) in [5, 5.41) is 15.8. The van der Waals surface area contributed by atoms with Gasteiger partial charge in [-0.3, -0.25) is 4.79 Å². The van der Waals surface area contributed by atoms with E-state index in [1.54, 1.807) is 12.1 Å². The average Bonchev–Trinajstić information content (AvgIpc) is 3.08. The number of nitriles is 1. The Bertz CT molecular complexity index is 696.